The van der Waals surface area contributed by atoms with Gasteiger partial charge < -0.3 is 5.11 Å². The number of pyridine rings is 1. The molecule has 18 heavy (non-hydrogen) atoms. The molecule has 0 aliphatic rings. The summed E-state index contributed by atoms with van der Waals surface area (Å²) in [5, 5.41) is 9.44. The number of aromatic nitrogens is 3. The average Bonchev–Trinajstić information content (AvgIpc) is 2.77. The highest BCUT2D eigenvalue weighted by Gasteiger charge is 2.12. The summed E-state index contributed by atoms with van der Waals surface area (Å²) in [5.74, 6) is 0.606. The van der Waals surface area contributed by atoms with E-state index in [0.29, 0.717) is 5.82 Å². The summed E-state index contributed by atoms with van der Waals surface area (Å²) in [4.78, 5) is 8.91. The number of para-hydroxylation sites is 1. The first-order chi connectivity index (χ1) is 8.79. The molecule has 0 spiro atoms. The molecule has 1 N–H and O–H groups in total. The first-order valence-corrected chi connectivity index (χ1v) is 5.81. The van der Waals surface area contributed by atoms with Crippen LogP contribution in [0.2, 0.25) is 0 Å². The van der Waals surface area contributed by atoms with Gasteiger partial charge in [-0.2, -0.15) is 0 Å². The Balaban J connectivity index is 2.35. The molecule has 4 nitrogen and oxygen atoms in total. The second-order valence-corrected chi connectivity index (χ2v) is 4.15. The Morgan fingerprint density at radius 2 is 1.83 bits per heavy atom. The minimum atomic E-state index is -0.107. The zero-order valence-electron chi connectivity index (χ0n) is 10.0. The molecular weight excluding hydrogens is 226 g/mol. The van der Waals surface area contributed by atoms with Crippen LogP contribution in [0.25, 0.3) is 16.9 Å². The average molecular weight is 239 g/mol. The van der Waals surface area contributed by atoms with Gasteiger partial charge in [-0.1, -0.05) is 18.2 Å². The van der Waals surface area contributed by atoms with Crippen molar-refractivity contribution in [3.05, 3.63) is 54.0 Å². The number of aliphatic hydroxyl groups excluding tert-OH is 1. The predicted molar refractivity (Wildman–Crippen MR) is 69.5 cm³/mol. The topological polar surface area (TPSA) is 50.9 Å². The van der Waals surface area contributed by atoms with E-state index in [4.69, 9.17) is 0 Å². The first kappa shape index (κ1) is 10.9. The second kappa shape index (κ2) is 4.23. The van der Waals surface area contributed by atoms with E-state index in [-0.39, 0.29) is 6.61 Å². The van der Waals surface area contributed by atoms with E-state index in [9.17, 15) is 5.11 Å². The number of aryl methyl sites for hydroxylation is 1. The Hall–Kier alpha value is -2.20. The van der Waals surface area contributed by atoms with Crippen LogP contribution in [0, 0.1) is 6.92 Å². The molecule has 0 aliphatic carbocycles. The van der Waals surface area contributed by atoms with Crippen LogP contribution in [0.1, 0.15) is 11.5 Å². The van der Waals surface area contributed by atoms with Crippen molar-refractivity contribution < 1.29 is 5.11 Å². The molecule has 0 fully saturated rings. The zero-order valence-corrected chi connectivity index (χ0v) is 10.0. The molecule has 3 aromatic rings. The van der Waals surface area contributed by atoms with Crippen molar-refractivity contribution in [3.63, 3.8) is 0 Å². The van der Waals surface area contributed by atoms with Crippen molar-refractivity contribution >= 4 is 11.2 Å². The van der Waals surface area contributed by atoms with Crippen LogP contribution in [-0.4, -0.2) is 19.6 Å². The molecule has 0 atom stereocenters. The third-order valence-corrected chi connectivity index (χ3v) is 2.87. The van der Waals surface area contributed by atoms with Gasteiger partial charge in [0.25, 0.3) is 0 Å². The number of aliphatic hydroxyl groups is 1. The van der Waals surface area contributed by atoms with Gasteiger partial charge in [0.15, 0.2) is 5.65 Å². The Bertz CT molecular complexity index is 689. The van der Waals surface area contributed by atoms with Crippen molar-refractivity contribution in [2.75, 3.05) is 0 Å². The summed E-state index contributed by atoms with van der Waals surface area (Å²) in [5.41, 5.74) is 3.48. The third kappa shape index (κ3) is 1.67. The molecule has 0 bridgehead atoms. The molecule has 2 heterocycles. The van der Waals surface area contributed by atoms with Crippen molar-refractivity contribution in [1.29, 1.82) is 0 Å². The Labute approximate surface area is 105 Å². The summed E-state index contributed by atoms with van der Waals surface area (Å²) in [7, 11) is 0. The van der Waals surface area contributed by atoms with Crippen molar-refractivity contribution in [2.45, 2.75) is 13.5 Å². The van der Waals surface area contributed by atoms with Crippen LogP contribution in [0.5, 0.6) is 0 Å². The van der Waals surface area contributed by atoms with E-state index < -0.39 is 0 Å². The van der Waals surface area contributed by atoms with Crippen molar-refractivity contribution in [2.24, 2.45) is 0 Å². The molecule has 90 valence electrons. The molecule has 0 aliphatic heterocycles. The number of imidazole rings is 1. The van der Waals surface area contributed by atoms with Gasteiger partial charge in [-0.05, 0) is 31.2 Å². The Morgan fingerprint density at radius 1 is 1.06 bits per heavy atom. The molecule has 4 heteroatoms. The van der Waals surface area contributed by atoms with Crippen molar-refractivity contribution in [1.82, 2.24) is 14.5 Å². The molecule has 0 amide bonds. The van der Waals surface area contributed by atoms with Crippen LogP contribution in [-0.2, 0) is 6.61 Å². The van der Waals surface area contributed by atoms with E-state index in [2.05, 4.69) is 9.97 Å². The molecule has 2 aromatic heterocycles. The molecule has 0 radical (unpaired) electrons. The molecule has 0 saturated carbocycles. The van der Waals surface area contributed by atoms with Crippen LogP contribution in [0.15, 0.2) is 42.5 Å². The monoisotopic (exact) mass is 239 g/mol. The summed E-state index contributed by atoms with van der Waals surface area (Å²) < 4.78 is 1.89. The lowest BCUT2D eigenvalue weighted by Gasteiger charge is -2.06. The maximum atomic E-state index is 9.44. The second-order valence-electron chi connectivity index (χ2n) is 4.15. The molecule has 1 aromatic carbocycles. The quantitative estimate of drug-likeness (QED) is 0.746. The van der Waals surface area contributed by atoms with Gasteiger partial charge in [0.1, 0.15) is 17.9 Å². The number of nitrogens with zero attached hydrogens (tertiary/aromatic N) is 3. The Morgan fingerprint density at radius 3 is 2.56 bits per heavy atom. The third-order valence-electron chi connectivity index (χ3n) is 2.87. The standard InChI is InChI=1S/C14H13N3O/c1-10-7-8-12-14(15-10)17(13(9-18)16-12)11-5-3-2-4-6-11/h2-8,18H,9H2,1H3. The molecular formula is C14H13N3O. The van der Waals surface area contributed by atoms with Gasteiger partial charge in [-0.15, -0.1) is 0 Å². The normalized spacial score (nSPS) is 11.0. The number of rotatable bonds is 2. The zero-order chi connectivity index (χ0) is 12.5. The van der Waals surface area contributed by atoms with Gasteiger partial charge in [0, 0.05) is 11.4 Å². The summed E-state index contributed by atoms with van der Waals surface area (Å²) >= 11 is 0. The van der Waals surface area contributed by atoms with Gasteiger partial charge in [0.2, 0.25) is 0 Å². The lowest BCUT2D eigenvalue weighted by Crippen LogP contribution is -2.01. The summed E-state index contributed by atoms with van der Waals surface area (Å²) in [6.07, 6.45) is 0. The van der Waals surface area contributed by atoms with Crippen LogP contribution in [0.4, 0.5) is 0 Å². The SMILES string of the molecule is Cc1ccc2nc(CO)n(-c3ccccc3)c2n1. The highest BCUT2D eigenvalue weighted by atomic mass is 16.3. The van der Waals surface area contributed by atoms with E-state index in [1.54, 1.807) is 0 Å². The smallest absolute Gasteiger partial charge is 0.164 e. The Kier molecular flexibility index (Phi) is 2.57. The van der Waals surface area contributed by atoms with Gasteiger partial charge in [0.05, 0.1) is 0 Å². The van der Waals surface area contributed by atoms with E-state index >= 15 is 0 Å². The maximum absolute atomic E-state index is 9.44. The number of hydrogen-bond donors (Lipinski definition) is 1. The van der Waals surface area contributed by atoms with Gasteiger partial charge in [-0.3, -0.25) is 4.57 Å². The fourth-order valence-corrected chi connectivity index (χ4v) is 2.05. The molecule has 3 rings (SSSR count). The number of hydrogen-bond acceptors (Lipinski definition) is 3. The molecule has 0 unspecified atom stereocenters. The highest BCUT2D eigenvalue weighted by molar-refractivity contribution is 5.74. The summed E-state index contributed by atoms with van der Waals surface area (Å²) in [6.45, 7) is 1.84. The van der Waals surface area contributed by atoms with E-state index in [1.165, 1.54) is 0 Å². The van der Waals surface area contributed by atoms with Gasteiger partial charge in [-0.25, -0.2) is 9.97 Å². The van der Waals surface area contributed by atoms with Crippen LogP contribution < -0.4 is 0 Å². The minimum Gasteiger partial charge on any atom is -0.388 e. The fraction of sp³-hybridized carbons (Fsp3) is 0.143. The number of benzene rings is 1. The lowest BCUT2D eigenvalue weighted by molar-refractivity contribution is 0.270. The fourth-order valence-electron chi connectivity index (χ4n) is 2.05. The van der Waals surface area contributed by atoms with E-state index in [1.807, 2.05) is 54.0 Å². The lowest BCUT2D eigenvalue weighted by atomic mass is 10.3. The highest BCUT2D eigenvalue weighted by Crippen LogP contribution is 2.20. The first-order valence-electron chi connectivity index (χ1n) is 5.81. The van der Waals surface area contributed by atoms with Crippen LogP contribution >= 0.6 is 0 Å². The molecule has 0 saturated heterocycles. The largest absolute Gasteiger partial charge is 0.388 e. The number of fused-ring (bicyclic) bond motifs is 1. The minimum absolute atomic E-state index is 0.107. The maximum Gasteiger partial charge on any atom is 0.164 e. The van der Waals surface area contributed by atoms with Crippen molar-refractivity contribution in [3.8, 4) is 5.69 Å². The van der Waals surface area contributed by atoms with E-state index in [0.717, 1.165) is 22.5 Å². The predicted octanol–water partition coefficient (Wildman–Crippen LogP) is 2.22. The van der Waals surface area contributed by atoms with Gasteiger partial charge >= 0.3 is 0 Å². The summed E-state index contributed by atoms with van der Waals surface area (Å²) in [6, 6.07) is 13.7. The van der Waals surface area contributed by atoms with Crippen LogP contribution in [0.3, 0.4) is 0 Å².